The van der Waals surface area contributed by atoms with Crippen LogP contribution in [0.1, 0.15) is 56.2 Å². The van der Waals surface area contributed by atoms with Gasteiger partial charge in [0, 0.05) is 12.2 Å². The minimum Gasteiger partial charge on any atom is -0.344 e. The summed E-state index contributed by atoms with van der Waals surface area (Å²) in [5.41, 5.74) is 3.42. The summed E-state index contributed by atoms with van der Waals surface area (Å²) < 4.78 is 12.9. The van der Waals surface area contributed by atoms with E-state index in [-0.39, 0.29) is 24.2 Å². The fourth-order valence-electron chi connectivity index (χ4n) is 2.73. The molecular weight excluding hydrogens is 331 g/mol. The van der Waals surface area contributed by atoms with E-state index in [2.05, 4.69) is 10.6 Å². The van der Waals surface area contributed by atoms with Crippen molar-refractivity contribution in [1.29, 1.82) is 0 Å². The van der Waals surface area contributed by atoms with Crippen LogP contribution in [-0.2, 0) is 16.1 Å². The number of rotatable bonds is 5. The second kappa shape index (κ2) is 8.61. The average Bonchev–Trinajstić information content (AvgIpc) is 2.60. The lowest BCUT2D eigenvalue weighted by Gasteiger charge is -2.20. The molecule has 0 bridgehead atoms. The molecule has 4 nitrogen and oxygen atoms in total. The molecular formula is C21H25FN2O2. The Kier molecular flexibility index (Phi) is 6.50. The first-order valence-corrected chi connectivity index (χ1v) is 8.76. The number of nitrogens with one attached hydrogen (secondary N) is 2. The summed E-state index contributed by atoms with van der Waals surface area (Å²) in [6.45, 7) is 8.34. The second-order valence-electron chi connectivity index (χ2n) is 6.88. The zero-order valence-electron chi connectivity index (χ0n) is 15.6. The highest BCUT2D eigenvalue weighted by Gasteiger charge is 2.19. The fraction of sp³-hybridized carbons (Fsp3) is 0.333. The monoisotopic (exact) mass is 356 g/mol. The maximum atomic E-state index is 12.9. The Hall–Kier alpha value is -2.69. The maximum Gasteiger partial charge on any atom is 0.313 e. The van der Waals surface area contributed by atoms with Crippen LogP contribution in [0.4, 0.5) is 10.1 Å². The van der Waals surface area contributed by atoms with Gasteiger partial charge in [-0.05, 0) is 40.7 Å². The van der Waals surface area contributed by atoms with Gasteiger partial charge in [0.15, 0.2) is 0 Å². The molecule has 2 aromatic rings. The van der Waals surface area contributed by atoms with Crippen LogP contribution >= 0.6 is 0 Å². The number of amides is 2. The number of hydrogen-bond acceptors (Lipinski definition) is 2. The molecule has 0 spiro atoms. The first-order chi connectivity index (χ1) is 12.3. The molecule has 0 heterocycles. The Bertz CT molecular complexity index is 757. The smallest absolute Gasteiger partial charge is 0.313 e. The van der Waals surface area contributed by atoms with Crippen LogP contribution in [-0.4, -0.2) is 11.8 Å². The molecule has 0 aliphatic heterocycles. The molecule has 0 saturated heterocycles. The molecule has 0 fully saturated rings. The topological polar surface area (TPSA) is 58.2 Å². The van der Waals surface area contributed by atoms with Crippen LogP contribution in [0.25, 0.3) is 0 Å². The molecule has 2 N–H and O–H groups in total. The van der Waals surface area contributed by atoms with Gasteiger partial charge >= 0.3 is 11.8 Å². The van der Waals surface area contributed by atoms with Gasteiger partial charge in [0.2, 0.25) is 0 Å². The Labute approximate surface area is 153 Å². The lowest BCUT2D eigenvalue weighted by Crippen LogP contribution is -2.35. The third-order valence-corrected chi connectivity index (χ3v) is 4.18. The first-order valence-electron chi connectivity index (χ1n) is 8.76. The van der Waals surface area contributed by atoms with Crippen LogP contribution < -0.4 is 10.6 Å². The van der Waals surface area contributed by atoms with Gasteiger partial charge in [0.05, 0.1) is 0 Å². The van der Waals surface area contributed by atoms with Crippen molar-refractivity contribution in [2.75, 3.05) is 5.32 Å². The minimum absolute atomic E-state index is 0.162. The van der Waals surface area contributed by atoms with E-state index in [1.54, 1.807) is 12.1 Å². The number of para-hydroxylation sites is 1. The Morgan fingerprint density at radius 3 is 1.92 bits per heavy atom. The molecule has 138 valence electrons. The van der Waals surface area contributed by atoms with Crippen molar-refractivity contribution in [2.24, 2.45) is 0 Å². The molecule has 0 unspecified atom stereocenters. The molecule has 2 rings (SSSR count). The van der Waals surface area contributed by atoms with E-state index in [0.717, 1.165) is 16.7 Å². The average molecular weight is 356 g/mol. The molecule has 0 radical (unpaired) electrons. The van der Waals surface area contributed by atoms with E-state index in [1.165, 1.54) is 12.1 Å². The second-order valence-corrected chi connectivity index (χ2v) is 6.88. The predicted molar refractivity (Wildman–Crippen MR) is 101 cm³/mol. The number of anilines is 1. The molecule has 5 heteroatoms. The van der Waals surface area contributed by atoms with Crippen LogP contribution in [0.15, 0.2) is 42.5 Å². The van der Waals surface area contributed by atoms with Crippen molar-refractivity contribution in [1.82, 2.24) is 5.32 Å². The number of benzene rings is 2. The number of carbonyl (C=O) groups is 2. The third kappa shape index (κ3) is 4.91. The number of carbonyl (C=O) groups excluding carboxylic acids is 2. The van der Waals surface area contributed by atoms with E-state index in [0.29, 0.717) is 5.69 Å². The summed E-state index contributed by atoms with van der Waals surface area (Å²) >= 11 is 0. The quantitative estimate of drug-likeness (QED) is 0.784. The van der Waals surface area contributed by atoms with Crippen molar-refractivity contribution < 1.29 is 14.0 Å². The van der Waals surface area contributed by atoms with Crippen molar-refractivity contribution >= 4 is 17.5 Å². The number of hydrogen-bond donors (Lipinski definition) is 2. The SMILES string of the molecule is CC(C)c1cccc(C(C)C)c1NC(=O)C(=O)NCc1ccc(F)cc1. The van der Waals surface area contributed by atoms with Gasteiger partial charge in [-0.3, -0.25) is 9.59 Å². The zero-order chi connectivity index (χ0) is 19.3. The minimum atomic E-state index is -0.720. The van der Waals surface area contributed by atoms with E-state index in [4.69, 9.17) is 0 Å². The van der Waals surface area contributed by atoms with Gasteiger partial charge in [-0.2, -0.15) is 0 Å². The molecule has 0 aromatic heterocycles. The molecule has 26 heavy (non-hydrogen) atoms. The molecule has 0 atom stereocenters. The normalized spacial score (nSPS) is 10.9. The summed E-state index contributed by atoms with van der Waals surface area (Å²) in [7, 11) is 0. The van der Waals surface area contributed by atoms with Crippen LogP contribution in [0.3, 0.4) is 0 Å². The van der Waals surface area contributed by atoms with Gasteiger partial charge in [-0.15, -0.1) is 0 Å². The van der Waals surface area contributed by atoms with E-state index in [9.17, 15) is 14.0 Å². The molecule has 0 aliphatic carbocycles. The standard InChI is InChI=1S/C21H25FN2O2/c1-13(2)17-6-5-7-18(14(3)4)19(17)24-21(26)20(25)23-12-15-8-10-16(22)11-9-15/h5-11,13-14H,12H2,1-4H3,(H,23,25)(H,24,26). The van der Waals surface area contributed by atoms with Crippen LogP contribution in [0.5, 0.6) is 0 Å². The van der Waals surface area contributed by atoms with E-state index < -0.39 is 11.8 Å². The first kappa shape index (κ1) is 19.6. The van der Waals surface area contributed by atoms with E-state index >= 15 is 0 Å². The molecule has 2 amide bonds. The van der Waals surface area contributed by atoms with Gasteiger partial charge < -0.3 is 10.6 Å². The van der Waals surface area contributed by atoms with Gasteiger partial charge in [0.1, 0.15) is 5.82 Å². The van der Waals surface area contributed by atoms with Crippen molar-refractivity contribution in [3.63, 3.8) is 0 Å². The van der Waals surface area contributed by atoms with Gasteiger partial charge in [-0.25, -0.2) is 4.39 Å². The lowest BCUT2D eigenvalue weighted by atomic mass is 9.92. The predicted octanol–water partition coefficient (Wildman–Crippen LogP) is 4.33. The Morgan fingerprint density at radius 1 is 0.885 bits per heavy atom. The maximum absolute atomic E-state index is 12.9. The highest BCUT2D eigenvalue weighted by molar-refractivity contribution is 6.39. The van der Waals surface area contributed by atoms with Crippen molar-refractivity contribution in [3.05, 3.63) is 65.0 Å². The summed E-state index contributed by atoms with van der Waals surface area (Å²) in [5, 5.41) is 5.34. The van der Waals surface area contributed by atoms with Crippen molar-refractivity contribution in [2.45, 2.75) is 46.1 Å². The zero-order valence-corrected chi connectivity index (χ0v) is 15.6. The molecule has 0 aliphatic rings. The summed E-state index contributed by atoms with van der Waals surface area (Å²) in [6.07, 6.45) is 0. The van der Waals surface area contributed by atoms with E-state index in [1.807, 2.05) is 45.9 Å². The summed E-state index contributed by atoms with van der Waals surface area (Å²) in [5.74, 6) is -1.34. The van der Waals surface area contributed by atoms with Crippen LogP contribution in [0.2, 0.25) is 0 Å². The number of halogens is 1. The molecule has 0 saturated carbocycles. The lowest BCUT2D eigenvalue weighted by molar-refractivity contribution is -0.136. The Morgan fingerprint density at radius 2 is 1.42 bits per heavy atom. The van der Waals surface area contributed by atoms with Gasteiger partial charge in [-0.1, -0.05) is 58.0 Å². The van der Waals surface area contributed by atoms with Crippen LogP contribution in [0, 0.1) is 5.82 Å². The summed E-state index contributed by atoms with van der Waals surface area (Å²) in [4.78, 5) is 24.5. The molecule has 2 aromatic carbocycles. The third-order valence-electron chi connectivity index (χ3n) is 4.18. The Balaban J connectivity index is 2.11. The summed E-state index contributed by atoms with van der Waals surface area (Å²) in [6, 6.07) is 11.7. The van der Waals surface area contributed by atoms with Crippen molar-refractivity contribution in [3.8, 4) is 0 Å². The highest BCUT2D eigenvalue weighted by atomic mass is 19.1. The highest BCUT2D eigenvalue weighted by Crippen LogP contribution is 2.32. The van der Waals surface area contributed by atoms with Gasteiger partial charge in [0.25, 0.3) is 0 Å². The largest absolute Gasteiger partial charge is 0.344 e. The fourth-order valence-corrected chi connectivity index (χ4v) is 2.73.